The maximum Gasteiger partial charge on any atom is 0.331 e. The fourth-order valence-electron chi connectivity index (χ4n) is 2.42. The quantitative estimate of drug-likeness (QED) is 0.646. The van der Waals surface area contributed by atoms with Crippen LogP contribution in [0.2, 0.25) is 0 Å². The van der Waals surface area contributed by atoms with E-state index in [9.17, 15) is 9.59 Å². The number of furan rings is 1. The first-order valence-corrected chi connectivity index (χ1v) is 7.39. The van der Waals surface area contributed by atoms with Crippen LogP contribution in [0.25, 0.3) is 6.08 Å². The molecule has 1 aliphatic rings. The molecular weight excluding hydrogens is 270 g/mol. The number of esters is 1. The van der Waals surface area contributed by atoms with Crippen molar-refractivity contribution < 1.29 is 18.7 Å². The number of carbonyl (C=O) groups excluding carboxylic acids is 2. The fraction of sp³-hybridized carbons (Fsp3) is 0.500. The molecule has 0 aromatic carbocycles. The van der Waals surface area contributed by atoms with Crippen LogP contribution >= 0.6 is 0 Å². The molecule has 1 aromatic rings. The van der Waals surface area contributed by atoms with Gasteiger partial charge in [-0.25, -0.2) is 4.79 Å². The van der Waals surface area contributed by atoms with E-state index in [4.69, 9.17) is 9.15 Å². The summed E-state index contributed by atoms with van der Waals surface area (Å²) in [7, 11) is 0. The highest BCUT2D eigenvalue weighted by molar-refractivity contribution is 5.88. The van der Waals surface area contributed by atoms with Crippen LogP contribution in [0.15, 0.2) is 28.9 Å². The molecule has 1 fully saturated rings. The second-order valence-corrected chi connectivity index (χ2v) is 5.26. The number of amides is 1. The van der Waals surface area contributed by atoms with E-state index >= 15 is 0 Å². The highest BCUT2D eigenvalue weighted by atomic mass is 16.5. The van der Waals surface area contributed by atoms with Crippen LogP contribution in [-0.2, 0) is 14.3 Å². The Labute approximate surface area is 124 Å². The third kappa shape index (κ3) is 5.85. The summed E-state index contributed by atoms with van der Waals surface area (Å²) in [5.41, 5.74) is 0. The predicted molar refractivity (Wildman–Crippen MR) is 78.3 cm³/mol. The largest absolute Gasteiger partial charge is 0.465 e. The van der Waals surface area contributed by atoms with E-state index in [0.29, 0.717) is 18.2 Å². The minimum atomic E-state index is -0.556. The predicted octanol–water partition coefficient (Wildman–Crippen LogP) is 2.53. The molecule has 1 saturated carbocycles. The summed E-state index contributed by atoms with van der Waals surface area (Å²) in [5.74, 6) is 0.325. The lowest BCUT2D eigenvalue weighted by atomic mass is 9.89. The number of hydrogen-bond acceptors (Lipinski definition) is 4. The van der Waals surface area contributed by atoms with E-state index in [-0.39, 0.29) is 12.5 Å². The Morgan fingerprint density at radius 2 is 2.14 bits per heavy atom. The fourth-order valence-corrected chi connectivity index (χ4v) is 2.42. The number of hydrogen-bond donors (Lipinski definition) is 1. The van der Waals surface area contributed by atoms with E-state index in [2.05, 4.69) is 5.32 Å². The molecule has 0 atom stereocenters. The van der Waals surface area contributed by atoms with Crippen molar-refractivity contribution in [2.75, 3.05) is 13.2 Å². The van der Waals surface area contributed by atoms with Crippen LogP contribution in [0.5, 0.6) is 0 Å². The normalized spacial score (nSPS) is 16.0. The van der Waals surface area contributed by atoms with Gasteiger partial charge in [-0.3, -0.25) is 4.79 Å². The van der Waals surface area contributed by atoms with Gasteiger partial charge in [0.15, 0.2) is 6.61 Å². The Hall–Kier alpha value is -2.04. The lowest BCUT2D eigenvalue weighted by molar-refractivity contribution is -0.143. The summed E-state index contributed by atoms with van der Waals surface area (Å²) >= 11 is 0. The lowest BCUT2D eigenvalue weighted by Crippen LogP contribution is -2.33. The van der Waals surface area contributed by atoms with Gasteiger partial charge in [-0.2, -0.15) is 0 Å². The van der Waals surface area contributed by atoms with Gasteiger partial charge in [0.2, 0.25) is 0 Å². The summed E-state index contributed by atoms with van der Waals surface area (Å²) in [6.07, 6.45) is 10.4. The van der Waals surface area contributed by atoms with Crippen molar-refractivity contribution in [3.8, 4) is 0 Å². The smallest absolute Gasteiger partial charge is 0.331 e. The second kappa shape index (κ2) is 8.29. The minimum absolute atomic E-state index is 0.242. The van der Waals surface area contributed by atoms with Gasteiger partial charge in [-0.15, -0.1) is 0 Å². The van der Waals surface area contributed by atoms with Crippen LogP contribution in [0.1, 0.15) is 37.9 Å². The molecule has 1 amide bonds. The summed E-state index contributed by atoms with van der Waals surface area (Å²) in [5, 5.41) is 2.82. The maximum atomic E-state index is 11.6. The van der Waals surface area contributed by atoms with Gasteiger partial charge in [-0.05, 0) is 37.0 Å². The summed E-state index contributed by atoms with van der Waals surface area (Å²) < 4.78 is 9.90. The topological polar surface area (TPSA) is 68.5 Å². The van der Waals surface area contributed by atoms with E-state index < -0.39 is 5.97 Å². The van der Waals surface area contributed by atoms with Gasteiger partial charge < -0.3 is 14.5 Å². The molecule has 114 valence electrons. The van der Waals surface area contributed by atoms with Crippen LogP contribution in [0, 0.1) is 5.92 Å². The molecule has 1 aromatic heterocycles. The second-order valence-electron chi connectivity index (χ2n) is 5.26. The molecule has 1 aliphatic carbocycles. The average molecular weight is 291 g/mol. The molecule has 2 rings (SSSR count). The van der Waals surface area contributed by atoms with Gasteiger partial charge in [0.1, 0.15) is 5.76 Å². The Balaban J connectivity index is 1.60. The Morgan fingerprint density at radius 3 is 2.86 bits per heavy atom. The van der Waals surface area contributed by atoms with Gasteiger partial charge in [-0.1, -0.05) is 19.3 Å². The highest BCUT2D eigenvalue weighted by Gasteiger charge is 2.14. The van der Waals surface area contributed by atoms with Gasteiger partial charge in [0.05, 0.1) is 6.26 Å². The molecule has 0 radical (unpaired) electrons. The van der Waals surface area contributed by atoms with E-state index in [1.807, 2.05) is 0 Å². The van der Waals surface area contributed by atoms with E-state index in [1.54, 1.807) is 12.1 Å². The molecule has 0 unspecified atom stereocenters. The molecule has 0 aliphatic heterocycles. The van der Waals surface area contributed by atoms with Gasteiger partial charge >= 0.3 is 5.97 Å². The van der Waals surface area contributed by atoms with Crippen molar-refractivity contribution in [3.05, 3.63) is 30.2 Å². The first-order chi connectivity index (χ1) is 10.2. The van der Waals surface area contributed by atoms with Crippen molar-refractivity contribution in [3.63, 3.8) is 0 Å². The summed E-state index contributed by atoms with van der Waals surface area (Å²) in [6, 6.07) is 3.45. The van der Waals surface area contributed by atoms with Crippen molar-refractivity contribution in [2.45, 2.75) is 32.1 Å². The van der Waals surface area contributed by atoms with Crippen LogP contribution < -0.4 is 5.32 Å². The molecule has 1 heterocycles. The van der Waals surface area contributed by atoms with E-state index in [0.717, 1.165) is 0 Å². The number of ether oxygens (including phenoxy) is 1. The standard InChI is InChI=1S/C16H21NO4/c18-15(17-11-13-5-2-1-3-6-13)12-21-16(19)9-8-14-7-4-10-20-14/h4,7-10,13H,1-3,5-6,11-12H2,(H,17,18)/b9-8+. The third-order valence-electron chi connectivity index (χ3n) is 3.59. The van der Waals surface area contributed by atoms with Gasteiger partial charge in [0, 0.05) is 12.6 Å². The first-order valence-electron chi connectivity index (χ1n) is 7.39. The molecule has 5 nitrogen and oxygen atoms in total. The molecule has 0 spiro atoms. The number of carbonyl (C=O) groups is 2. The zero-order valence-corrected chi connectivity index (χ0v) is 12.0. The van der Waals surface area contributed by atoms with Crippen molar-refractivity contribution in [1.29, 1.82) is 0 Å². The van der Waals surface area contributed by atoms with Crippen molar-refractivity contribution in [1.82, 2.24) is 5.32 Å². The van der Waals surface area contributed by atoms with Crippen LogP contribution in [0.3, 0.4) is 0 Å². The maximum absolute atomic E-state index is 11.6. The molecule has 1 N–H and O–H groups in total. The molecule has 0 saturated heterocycles. The Kier molecular flexibility index (Phi) is 6.06. The van der Waals surface area contributed by atoms with Crippen molar-refractivity contribution >= 4 is 18.0 Å². The molecule has 21 heavy (non-hydrogen) atoms. The number of nitrogens with one attached hydrogen (secondary N) is 1. The first kappa shape index (κ1) is 15.4. The minimum Gasteiger partial charge on any atom is -0.465 e. The lowest BCUT2D eigenvalue weighted by Gasteiger charge is -2.21. The highest BCUT2D eigenvalue weighted by Crippen LogP contribution is 2.22. The molecule has 0 bridgehead atoms. The number of rotatable bonds is 6. The SMILES string of the molecule is O=C(COC(=O)/C=C/c1ccco1)NCC1CCCCC1. The molecule has 5 heteroatoms. The zero-order valence-electron chi connectivity index (χ0n) is 12.0. The average Bonchev–Trinajstić information content (AvgIpc) is 3.03. The third-order valence-corrected chi connectivity index (χ3v) is 3.59. The monoisotopic (exact) mass is 291 g/mol. The van der Waals surface area contributed by atoms with E-state index in [1.165, 1.54) is 50.5 Å². The Bertz CT molecular complexity index is 472. The van der Waals surface area contributed by atoms with Crippen LogP contribution in [-0.4, -0.2) is 25.0 Å². The van der Waals surface area contributed by atoms with Crippen molar-refractivity contribution in [2.24, 2.45) is 5.92 Å². The molecular formula is C16H21NO4. The van der Waals surface area contributed by atoms with Gasteiger partial charge in [0.25, 0.3) is 5.91 Å². The summed E-state index contributed by atoms with van der Waals surface area (Å²) in [4.78, 5) is 23.0. The van der Waals surface area contributed by atoms with Crippen LogP contribution in [0.4, 0.5) is 0 Å². The Morgan fingerprint density at radius 1 is 1.33 bits per heavy atom. The zero-order chi connectivity index (χ0) is 14.9. The summed E-state index contributed by atoms with van der Waals surface area (Å²) in [6.45, 7) is 0.437.